The lowest BCUT2D eigenvalue weighted by Crippen LogP contribution is -2.30. The molecule has 0 aliphatic heterocycles. The summed E-state index contributed by atoms with van der Waals surface area (Å²) in [7, 11) is -9.92. The van der Waals surface area contributed by atoms with E-state index < -0.39 is 97.5 Å². The summed E-state index contributed by atoms with van der Waals surface area (Å²) >= 11 is 0. The zero-order valence-electron chi connectivity index (χ0n) is 63.7. The van der Waals surface area contributed by atoms with E-state index in [0.29, 0.717) is 25.7 Å². The second-order valence-corrected chi connectivity index (χ2v) is 32.7. The topological polar surface area (TPSA) is 237 Å². The number of aliphatic hydroxyl groups is 1. The van der Waals surface area contributed by atoms with Crippen molar-refractivity contribution < 1.29 is 80.2 Å². The molecule has 0 heterocycles. The highest BCUT2D eigenvalue weighted by atomic mass is 31.2. The molecule has 0 aliphatic carbocycles. The Kier molecular flexibility index (Phi) is 65.9. The maximum absolute atomic E-state index is 13.1. The number of esters is 4. The van der Waals surface area contributed by atoms with E-state index in [-0.39, 0.29) is 25.7 Å². The maximum atomic E-state index is 13.1. The molecule has 19 heteroatoms. The van der Waals surface area contributed by atoms with Gasteiger partial charge in [0, 0.05) is 25.7 Å². The van der Waals surface area contributed by atoms with Gasteiger partial charge in [-0.3, -0.25) is 37.3 Å². The molecule has 0 saturated carbocycles. The number of phosphoric acid groups is 2. The van der Waals surface area contributed by atoms with Gasteiger partial charge >= 0.3 is 39.5 Å². The summed E-state index contributed by atoms with van der Waals surface area (Å²) < 4.78 is 68.6. The lowest BCUT2D eigenvalue weighted by molar-refractivity contribution is -0.161. The third-order valence-electron chi connectivity index (χ3n) is 18.4. The van der Waals surface area contributed by atoms with Crippen molar-refractivity contribution in [3.63, 3.8) is 0 Å². The molecule has 0 radical (unpaired) electrons. The van der Waals surface area contributed by atoms with Crippen molar-refractivity contribution in [3.05, 3.63) is 0 Å². The average Bonchev–Trinajstić information content (AvgIpc) is 1.36. The van der Waals surface area contributed by atoms with E-state index in [4.69, 9.17) is 37.0 Å². The van der Waals surface area contributed by atoms with E-state index in [1.54, 1.807) is 0 Å². The van der Waals surface area contributed by atoms with Gasteiger partial charge in [-0.05, 0) is 49.4 Å². The zero-order valence-corrected chi connectivity index (χ0v) is 65.5. The molecule has 0 aromatic carbocycles. The average molecular weight is 1420 g/mol. The summed E-state index contributed by atoms with van der Waals surface area (Å²) in [4.78, 5) is 72.9. The van der Waals surface area contributed by atoms with E-state index >= 15 is 0 Å². The molecule has 0 fully saturated rings. The molecule has 97 heavy (non-hydrogen) atoms. The van der Waals surface area contributed by atoms with Crippen LogP contribution in [0.3, 0.4) is 0 Å². The van der Waals surface area contributed by atoms with Gasteiger partial charge in [0.2, 0.25) is 0 Å². The van der Waals surface area contributed by atoms with Gasteiger partial charge in [0.1, 0.15) is 19.3 Å². The predicted octanol–water partition coefficient (Wildman–Crippen LogP) is 22.8. The number of hydrogen-bond acceptors (Lipinski definition) is 15. The Labute approximate surface area is 594 Å². The van der Waals surface area contributed by atoms with Crippen molar-refractivity contribution in [2.24, 2.45) is 23.7 Å². The minimum absolute atomic E-state index is 0.105. The van der Waals surface area contributed by atoms with Crippen LogP contribution in [0.25, 0.3) is 0 Å². The monoisotopic (exact) mass is 1420 g/mol. The molecule has 0 amide bonds. The number of hydrogen-bond donors (Lipinski definition) is 3. The van der Waals surface area contributed by atoms with Crippen LogP contribution in [0, 0.1) is 23.7 Å². The normalized spacial score (nSPS) is 14.4. The lowest BCUT2D eigenvalue weighted by Gasteiger charge is -2.21. The van der Waals surface area contributed by atoms with Gasteiger partial charge in [-0.25, -0.2) is 9.13 Å². The van der Waals surface area contributed by atoms with Crippen LogP contribution in [0.15, 0.2) is 0 Å². The third kappa shape index (κ3) is 70.9. The van der Waals surface area contributed by atoms with Gasteiger partial charge in [-0.15, -0.1) is 0 Å². The van der Waals surface area contributed by atoms with E-state index in [1.165, 1.54) is 199 Å². The van der Waals surface area contributed by atoms with Crippen LogP contribution < -0.4 is 0 Å². The predicted molar refractivity (Wildman–Crippen MR) is 395 cm³/mol. The van der Waals surface area contributed by atoms with Gasteiger partial charge in [0.25, 0.3) is 0 Å². The van der Waals surface area contributed by atoms with Crippen molar-refractivity contribution in [1.82, 2.24) is 0 Å². The first-order valence-electron chi connectivity index (χ1n) is 40.2. The fraction of sp³-hybridized carbons (Fsp3) is 0.949. The number of carbonyl (C=O) groups excluding carboxylic acids is 4. The highest BCUT2D eigenvalue weighted by Crippen LogP contribution is 2.45. The minimum atomic E-state index is -4.96. The first-order chi connectivity index (χ1) is 46.6. The van der Waals surface area contributed by atoms with Crippen molar-refractivity contribution >= 4 is 39.5 Å². The maximum Gasteiger partial charge on any atom is 0.472 e. The number of ether oxygens (including phenoxy) is 4. The smallest absolute Gasteiger partial charge is 0.462 e. The lowest BCUT2D eigenvalue weighted by atomic mass is 9.99. The number of carbonyl (C=O) groups is 4. The highest BCUT2D eigenvalue weighted by molar-refractivity contribution is 7.47. The van der Waals surface area contributed by atoms with Gasteiger partial charge < -0.3 is 33.8 Å². The van der Waals surface area contributed by atoms with Gasteiger partial charge in [0.15, 0.2) is 12.2 Å². The van der Waals surface area contributed by atoms with Gasteiger partial charge in [-0.1, -0.05) is 344 Å². The minimum Gasteiger partial charge on any atom is -0.462 e. The molecular weight excluding hydrogens is 1270 g/mol. The zero-order chi connectivity index (χ0) is 71.7. The second-order valence-electron chi connectivity index (χ2n) is 29.8. The molecular formula is C78H152O17P2. The Morgan fingerprint density at radius 1 is 0.289 bits per heavy atom. The van der Waals surface area contributed by atoms with E-state index in [2.05, 4.69) is 55.4 Å². The van der Waals surface area contributed by atoms with Crippen LogP contribution in [-0.2, 0) is 65.4 Å². The standard InChI is InChI=1S/C78H152O17P2/c1-9-71(8)57-49-41-33-25-14-12-10-11-13-15-28-36-44-52-60-77(82)94-73(64-88-75(80)58-50-42-34-26-19-16-22-30-38-46-54-68(2)3)66-92-96(84,85)90-62-72(79)63-91-97(86,87)93-67-74(95-78(83)61-53-45-37-29-21-18-24-32-40-48-56-70(6)7)65-89-76(81)59-51-43-35-27-20-17-23-31-39-47-55-69(4)5/h68-74,79H,9-67H2,1-8H3,(H,84,85)(H,86,87)/t71?,72-,73-,74-/m1/s1. The van der Waals surface area contributed by atoms with Crippen LogP contribution in [0.2, 0.25) is 0 Å². The Morgan fingerprint density at radius 2 is 0.495 bits per heavy atom. The van der Waals surface area contributed by atoms with Crippen molar-refractivity contribution in [1.29, 1.82) is 0 Å². The number of rotatable bonds is 75. The largest absolute Gasteiger partial charge is 0.472 e. The fourth-order valence-electron chi connectivity index (χ4n) is 11.9. The van der Waals surface area contributed by atoms with E-state index in [0.717, 1.165) is 114 Å². The van der Waals surface area contributed by atoms with E-state index in [9.17, 15) is 43.2 Å². The van der Waals surface area contributed by atoms with Gasteiger partial charge in [0.05, 0.1) is 26.4 Å². The Morgan fingerprint density at radius 3 is 0.732 bits per heavy atom. The molecule has 3 unspecified atom stereocenters. The molecule has 0 saturated heterocycles. The summed E-state index contributed by atoms with van der Waals surface area (Å²) in [6.45, 7) is 14.3. The first kappa shape index (κ1) is 95.1. The Hall–Kier alpha value is -1.94. The molecule has 3 N–H and O–H groups in total. The summed E-state index contributed by atoms with van der Waals surface area (Å²) in [6, 6.07) is 0. The van der Waals surface area contributed by atoms with Crippen LogP contribution in [0.5, 0.6) is 0 Å². The third-order valence-corrected chi connectivity index (χ3v) is 20.3. The molecule has 6 atom stereocenters. The second kappa shape index (κ2) is 67.2. The van der Waals surface area contributed by atoms with E-state index in [1.807, 2.05) is 0 Å². The van der Waals surface area contributed by atoms with Crippen LogP contribution in [0.1, 0.15) is 396 Å². The first-order valence-corrected chi connectivity index (χ1v) is 43.2. The molecule has 17 nitrogen and oxygen atoms in total. The quantitative estimate of drug-likeness (QED) is 0.0222. The molecule has 0 aromatic rings. The molecule has 0 rings (SSSR count). The number of aliphatic hydroxyl groups excluding tert-OH is 1. The Balaban J connectivity index is 5.27. The Bertz CT molecular complexity index is 1900. The van der Waals surface area contributed by atoms with Crippen molar-refractivity contribution in [2.45, 2.75) is 414 Å². The molecule has 0 aliphatic rings. The summed E-state index contributed by atoms with van der Waals surface area (Å²) in [6.07, 6.45) is 52.6. The van der Waals surface area contributed by atoms with Gasteiger partial charge in [-0.2, -0.15) is 0 Å². The number of phosphoric ester groups is 2. The van der Waals surface area contributed by atoms with Crippen LogP contribution >= 0.6 is 15.6 Å². The molecule has 0 aromatic heterocycles. The molecule has 0 spiro atoms. The fourth-order valence-corrected chi connectivity index (χ4v) is 13.5. The highest BCUT2D eigenvalue weighted by Gasteiger charge is 2.30. The summed E-state index contributed by atoms with van der Waals surface area (Å²) in [5, 5.41) is 10.6. The van der Waals surface area contributed by atoms with Crippen molar-refractivity contribution in [2.75, 3.05) is 39.6 Å². The summed E-state index contributed by atoms with van der Waals surface area (Å²) in [5.41, 5.74) is 0. The summed E-state index contributed by atoms with van der Waals surface area (Å²) in [5.74, 6) is 0.998. The molecule has 0 bridgehead atoms. The van der Waals surface area contributed by atoms with Crippen molar-refractivity contribution in [3.8, 4) is 0 Å². The SMILES string of the molecule is CCC(C)CCCCCCCCCCCCCCCCC(=O)O[C@H](COC(=O)CCCCCCCCCCCCC(C)C)COP(=O)(O)OC[C@@H](O)COP(=O)(O)OC[C@@H](COC(=O)CCCCCCCCCCCCC(C)C)OC(=O)CCCCCCCCCCCCC(C)C. The molecule has 576 valence electrons. The van der Waals surface area contributed by atoms with Crippen LogP contribution in [-0.4, -0.2) is 96.7 Å². The number of unbranched alkanes of at least 4 members (excludes halogenated alkanes) is 40. The van der Waals surface area contributed by atoms with Crippen LogP contribution in [0.4, 0.5) is 0 Å².